The second kappa shape index (κ2) is 7.62. The Labute approximate surface area is 123 Å². The minimum atomic E-state index is -0.556. The Morgan fingerprint density at radius 3 is 2.75 bits per heavy atom. The van der Waals surface area contributed by atoms with Gasteiger partial charge < -0.3 is 16.4 Å². The highest BCUT2D eigenvalue weighted by Crippen LogP contribution is 2.04. The maximum Gasteiger partial charge on any atom is 0.270 e. The standard InChI is InChI=1S/C13H16N4O2.ClH/c14-12(18)10-1-2-11(16-8-10)13(19)17-7-9-3-5-15-6-4-9;/h1-3,8,15H,4-7H2,(H2,14,18)(H,17,19);1H. The molecule has 1 aliphatic rings. The van der Waals surface area contributed by atoms with Gasteiger partial charge in [-0.2, -0.15) is 0 Å². The summed E-state index contributed by atoms with van der Waals surface area (Å²) in [6, 6.07) is 2.99. The zero-order chi connectivity index (χ0) is 13.7. The van der Waals surface area contributed by atoms with Crippen molar-refractivity contribution in [2.45, 2.75) is 6.42 Å². The van der Waals surface area contributed by atoms with Crippen molar-refractivity contribution in [3.63, 3.8) is 0 Å². The van der Waals surface area contributed by atoms with Gasteiger partial charge in [0.2, 0.25) is 5.91 Å². The third-order valence-corrected chi connectivity index (χ3v) is 2.91. The molecular weight excluding hydrogens is 280 g/mol. The van der Waals surface area contributed by atoms with Gasteiger partial charge in [-0.05, 0) is 25.1 Å². The highest BCUT2D eigenvalue weighted by Gasteiger charge is 2.10. The number of nitrogens with zero attached hydrogens (tertiary/aromatic N) is 1. The molecule has 4 N–H and O–H groups in total. The lowest BCUT2D eigenvalue weighted by atomic mass is 10.1. The number of carbonyl (C=O) groups is 2. The topological polar surface area (TPSA) is 97.1 Å². The van der Waals surface area contributed by atoms with Gasteiger partial charge in [0.25, 0.3) is 5.91 Å². The van der Waals surface area contributed by atoms with Crippen molar-refractivity contribution in [2.24, 2.45) is 5.73 Å². The summed E-state index contributed by atoms with van der Waals surface area (Å²) < 4.78 is 0. The van der Waals surface area contributed by atoms with Crippen LogP contribution in [0.5, 0.6) is 0 Å². The molecule has 0 aliphatic carbocycles. The molecule has 2 amide bonds. The molecule has 0 saturated heterocycles. The molecule has 0 saturated carbocycles. The van der Waals surface area contributed by atoms with E-state index in [4.69, 9.17) is 5.73 Å². The van der Waals surface area contributed by atoms with Crippen LogP contribution in [0.4, 0.5) is 0 Å². The summed E-state index contributed by atoms with van der Waals surface area (Å²) in [5, 5.41) is 6.01. The average molecular weight is 297 g/mol. The molecule has 1 aromatic heterocycles. The van der Waals surface area contributed by atoms with Crippen LogP contribution in [0.1, 0.15) is 27.3 Å². The first-order chi connectivity index (χ1) is 9.16. The molecule has 1 aliphatic heterocycles. The van der Waals surface area contributed by atoms with E-state index >= 15 is 0 Å². The van der Waals surface area contributed by atoms with E-state index in [9.17, 15) is 9.59 Å². The molecule has 7 heteroatoms. The molecule has 0 atom stereocenters. The number of nitrogens with one attached hydrogen (secondary N) is 2. The lowest BCUT2D eigenvalue weighted by Gasteiger charge is -2.14. The van der Waals surface area contributed by atoms with Gasteiger partial charge in [-0.1, -0.05) is 11.6 Å². The van der Waals surface area contributed by atoms with Gasteiger partial charge in [-0.3, -0.25) is 14.6 Å². The zero-order valence-electron chi connectivity index (χ0n) is 10.9. The molecule has 20 heavy (non-hydrogen) atoms. The molecular formula is C13H17ClN4O2. The van der Waals surface area contributed by atoms with Crippen LogP contribution < -0.4 is 16.4 Å². The number of amides is 2. The molecule has 108 valence electrons. The fourth-order valence-electron chi connectivity index (χ4n) is 1.79. The molecule has 0 unspecified atom stereocenters. The maximum atomic E-state index is 11.8. The van der Waals surface area contributed by atoms with Gasteiger partial charge in [-0.25, -0.2) is 0 Å². The maximum absolute atomic E-state index is 11.8. The summed E-state index contributed by atoms with van der Waals surface area (Å²) in [5.74, 6) is -0.810. The van der Waals surface area contributed by atoms with E-state index in [2.05, 4.69) is 21.7 Å². The van der Waals surface area contributed by atoms with Gasteiger partial charge in [0, 0.05) is 19.3 Å². The van der Waals surface area contributed by atoms with Gasteiger partial charge in [0.15, 0.2) is 0 Å². The van der Waals surface area contributed by atoms with Gasteiger partial charge >= 0.3 is 0 Å². The second-order valence-corrected chi connectivity index (χ2v) is 4.30. The summed E-state index contributed by atoms with van der Waals surface area (Å²) in [4.78, 5) is 26.6. The first kappa shape index (κ1) is 16.1. The molecule has 2 heterocycles. The fraction of sp³-hybridized carbons (Fsp3) is 0.308. The minimum Gasteiger partial charge on any atom is -0.366 e. The number of aromatic nitrogens is 1. The molecule has 6 nitrogen and oxygen atoms in total. The zero-order valence-corrected chi connectivity index (χ0v) is 11.7. The minimum absolute atomic E-state index is 0. The molecule has 0 fully saturated rings. The number of rotatable bonds is 4. The Balaban J connectivity index is 0.00000200. The van der Waals surface area contributed by atoms with E-state index in [1.54, 1.807) is 0 Å². The van der Waals surface area contributed by atoms with E-state index in [1.165, 1.54) is 23.9 Å². The number of pyridine rings is 1. The monoisotopic (exact) mass is 296 g/mol. The van der Waals surface area contributed by atoms with Crippen LogP contribution in [0.2, 0.25) is 0 Å². The van der Waals surface area contributed by atoms with Gasteiger partial charge in [-0.15, -0.1) is 12.4 Å². The average Bonchev–Trinajstić information content (AvgIpc) is 2.46. The largest absolute Gasteiger partial charge is 0.366 e. The number of hydrogen-bond acceptors (Lipinski definition) is 4. The van der Waals surface area contributed by atoms with Crippen molar-refractivity contribution >= 4 is 24.2 Å². The first-order valence-corrected chi connectivity index (χ1v) is 6.09. The predicted octanol–water partition coefficient (Wildman–Crippen LogP) is 0.252. The van der Waals surface area contributed by atoms with Gasteiger partial charge in [0.1, 0.15) is 5.69 Å². The lowest BCUT2D eigenvalue weighted by Crippen LogP contribution is -2.30. The predicted molar refractivity (Wildman–Crippen MR) is 77.9 cm³/mol. The van der Waals surface area contributed by atoms with Gasteiger partial charge in [0.05, 0.1) is 5.56 Å². The number of carbonyl (C=O) groups excluding carboxylic acids is 2. The van der Waals surface area contributed by atoms with Crippen LogP contribution in [0.25, 0.3) is 0 Å². The van der Waals surface area contributed by atoms with E-state index in [-0.39, 0.29) is 29.6 Å². The lowest BCUT2D eigenvalue weighted by molar-refractivity contribution is 0.0948. The van der Waals surface area contributed by atoms with Crippen molar-refractivity contribution in [2.75, 3.05) is 19.6 Å². The van der Waals surface area contributed by atoms with E-state index in [0.29, 0.717) is 6.54 Å². The summed E-state index contributed by atoms with van der Waals surface area (Å²) in [7, 11) is 0. The fourth-order valence-corrected chi connectivity index (χ4v) is 1.79. The smallest absolute Gasteiger partial charge is 0.270 e. The Hall–Kier alpha value is -1.92. The quantitative estimate of drug-likeness (QED) is 0.694. The van der Waals surface area contributed by atoms with Crippen LogP contribution in [-0.4, -0.2) is 36.4 Å². The van der Waals surface area contributed by atoms with Crippen molar-refractivity contribution in [3.8, 4) is 0 Å². The highest BCUT2D eigenvalue weighted by atomic mass is 35.5. The number of primary amides is 1. The summed E-state index contributed by atoms with van der Waals surface area (Å²) >= 11 is 0. The highest BCUT2D eigenvalue weighted by molar-refractivity contribution is 5.95. The van der Waals surface area contributed by atoms with Crippen molar-refractivity contribution in [1.82, 2.24) is 15.6 Å². The Kier molecular flexibility index (Phi) is 6.14. The summed E-state index contributed by atoms with van der Waals surface area (Å²) in [6.07, 6.45) is 4.32. The second-order valence-electron chi connectivity index (χ2n) is 4.30. The number of nitrogens with two attached hydrogens (primary N) is 1. The molecule has 0 aromatic carbocycles. The Morgan fingerprint density at radius 1 is 1.40 bits per heavy atom. The van der Waals surface area contributed by atoms with E-state index in [1.807, 2.05) is 0 Å². The van der Waals surface area contributed by atoms with E-state index < -0.39 is 5.91 Å². The molecule has 2 rings (SSSR count). The molecule has 1 aromatic rings. The first-order valence-electron chi connectivity index (χ1n) is 6.09. The summed E-state index contributed by atoms with van der Waals surface area (Å²) in [6.45, 7) is 2.31. The molecule has 0 spiro atoms. The molecule has 0 bridgehead atoms. The normalized spacial score (nSPS) is 13.9. The molecule has 0 radical (unpaired) electrons. The SMILES string of the molecule is Cl.NC(=O)c1ccc(C(=O)NCC2=CCNCC2)nc1. The third-order valence-electron chi connectivity index (χ3n) is 2.91. The van der Waals surface area contributed by atoms with Crippen LogP contribution in [0.3, 0.4) is 0 Å². The number of hydrogen-bond donors (Lipinski definition) is 3. The van der Waals surface area contributed by atoms with Crippen molar-refractivity contribution in [3.05, 3.63) is 41.2 Å². The third kappa shape index (κ3) is 4.32. The van der Waals surface area contributed by atoms with E-state index in [0.717, 1.165) is 19.5 Å². The van der Waals surface area contributed by atoms with Crippen LogP contribution >= 0.6 is 12.4 Å². The Morgan fingerprint density at radius 2 is 2.20 bits per heavy atom. The van der Waals surface area contributed by atoms with Crippen molar-refractivity contribution < 1.29 is 9.59 Å². The van der Waals surface area contributed by atoms with Crippen LogP contribution in [-0.2, 0) is 0 Å². The van der Waals surface area contributed by atoms with Crippen LogP contribution in [0, 0.1) is 0 Å². The number of halogens is 1. The summed E-state index contributed by atoms with van der Waals surface area (Å²) in [5.41, 5.74) is 6.88. The van der Waals surface area contributed by atoms with Crippen LogP contribution in [0.15, 0.2) is 30.0 Å². The van der Waals surface area contributed by atoms with Crippen molar-refractivity contribution in [1.29, 1.82) is 0 Å². The Bertz CT molecular complexity index is 514.